The molecule has 0 aliphatic carbocycles. The number of carbonyl (C=O) groups excluding carboxylic acids is 2. The number of nitrogens with one attached hydrogen (secondary N) is 2. The molecule has 0 saturated carbocycles. The van der Waals surface area contributed by atoms with Crippen molar-refractivity contribution in [3.05, 3.63) is 75.9 Å². The highest BCUT2D eigenvalue weighted by Crippen LogP contribution is 2.30. The van der Waals surface area contributed by atoms with Gasteiger partial charge in [0.2, 0.25) is 0 Å². The number of hydrogen-bond acceptors (Lipinski definition) is 5. The van der Waals surface area contributed by atoms with Gasteiger partial charge in [0, 0.05) is 4.47 Å². The largest absolute Gasteiger partial charge is 0.420 e. The van der Waals surface area contributed by atoms with Crippen molar-refractivity contribution in [2.45, 2.75) is 11.8 Å². The summed E-state index contributed by atoms with van der Waals surface area (Å²) in [6.07, 6.45) is -4.30. The third-order valence-electron chi connectivity index (χ3n) is 4.92. The lowest BCUT2D eigenvalue weighted by atomic mass is 10.0. The van der Waals surface area contributed by atoms with Gasteiger partial charge < -0.3 is 21.5 Å². The van der Waals surface area contributed by atoms with Crippen molar-refractivity contribution in [3.63, 3.8) is 0 Å². The van der Waals surface area contributed by atoms with Gasteiger partial charge in [0.1, 0.15) is 23.0 Å². The number of hydrogen-bond donors (Lipinski definition) is 4. The molecule has 3 aromatic rings. The Labute approximate surface area is 203 Å². The lowest BCUT2D eigenvalue weighted by Crippen LogP contribution is -2.59. The first-order chi connectivity index (χ1) is 16.3. The maximum atomic E-state index is 13.9. The van der Waals surface area contributed by atoms with Gasteiger partial charge in [0.25, 0.3) is 11.8 Å². The normalized spacial score (nSPS) is 13.2. The fraction of sp³-hybridized carbons (Fsp3) is 0.190. The Bertz CT molecular complexity index is 1230. The highest BCUT2D eigenvalue weighted by Gasteiger charge is 2.54. The van der Waals surface area contributed by atoms with E-state index in [-0.39, 0.29) is 21.5 Å². The molecule has 0 radical (unpaired) electrons. The molecular weight excluding hydrogens is 545 g/mol. The summed E-state index contributed by atoms with van der Waals surface area (Å²) >= 11 is 2.93. The van der Waals surface area contributed by atoms with Crippen LogP contribution in [-0.4, -0.2) is 51.6 Å². The lowest BCUT2D eigenvalue weighted by molar-refractivity contribution is -0.254. The molecule has 2 amide bonds. The Morgan fingerprint density at radius 1 is 1.03 bits per heavy atom. The standard InChI is InChI=1S/C21H17BrF5N5O3/c22-14-2-1-3-15(24)16(14)19(34)30-10-20(35,21(25,26)27)9-29-18(33)13-8-31-32(17(13)28)12-6-4-11(23)5-7-12/h1-8,35H,9-10,28H2,(H,29,33)(H,30,34)/t20-/m0/s1. The van der Waals surface area contributed by atoms with Crippen LogP contribution in [0.25, 0.3) is 5.69 Å². The molecule has 0 aliphatic rings. The first kappa shape index (κ1) is 26.1. The Morgan fingerprint density at radius 2 is 1.63 bits per heavy atom. The maximum Gasteiger partial charge on any atom is 0.420 e. The van der Waals surface area contributed by atoms with E-state index in [1.165, 1.54) is 24.3 Å². The highest BCUT2D eigenvalue weighted by molar-refractivity contribution is 9.10. The molecule has 186 valence electrons. The van der Waals surface area contributed by atoms with Crippen molar-refractivity contribution in [1.29, 1.82) is 0 Å². The summed E-state index contributed by atoms with van der Waals surface area (Å²) in [5, 5.41) is 17.8. The summed E-state index contributed by atoms with van der Waals surface area (Å²) in [6, 6.07) is 8.40. The van der Waals surface area contributed by atoms with E-state index in [9.17, 15) is 36.6 Å². The molecule has 0 unspecified atom stereocenters. The van der Waals surface area contributed by atoms with Crippen molar-refractivity contribution in [2.75, 3.05) is 18.8 Å². The van der Waals surface area contributed by atoms with E-state index in [2.05, 4.69) is 21.0 Å². The van der Waals surface area contributed by atoms with E-state index in [4.69, 9.17) is 5.73 Å². The number of carbonyl (C=O) groups is 2. The third kappa shape index (κ3) is 5.59. The average Bonchev–Trinajstić information content (AvgIpc) is 3.17. The quantitative estimate of drug-likeness (QED) is 0.330. The Morgan fingerprint density at radius 3 is 2.20 bits per heavy atom. The van der Waals surface area contributed by atoms with Crippen LogP contribution in [0.2, 0.25) is 0 Å². The number of nitrogens with zero attached hydrogens (tertiary/aromatic N) is 2. The molecule has 0 bridgehead atoms. The summed E-state index contributed by atoms with van der Waals surface area (Å²) < 4.78 is 68.9. The van der Waals surface area contributed by atoms with Crippen molar-refractivity contribution in [1.82, 2.24) is 20.4 Å². The Hall–Kier alpha value is -3.52. The fourth-order valence-corrected chi connectivity index (χ4v) is 3.46. The van der Waals surface area contributed by atoms with E-state index >= 15 is 0 Å². The van der Waals surface area contributed by atoms with Gasteiger partial charge in [-0.25, -0.2) is 13.5 Å². The van der Waals surface area contributed by atoms with E-state index in [1.807, 2.05) is 10.6 Å². The molecular formula is C21H17BrF5N5O3. The smallest absolute Gasteiger partial charge is 0.383 e. The predicted octanol–water partition coefficient (Wildman–Crippen LogP) is 2.95. The van der Waals surface area contributed by atoms with Gasteiger partial charge in [-0.15, -0.1) is 0 Å². The molecule has 35 heavy (non-hydrogen) atoms. The van der Waals surface area contributed by atoms with Crippen molar-refractivity contribution in [2.24, 2.45) is 0 Å². The SMILES string of the molecule is Nc1c(C(=O)NC[C@](O)(CNC(=O)c2c(F)cccc2Br)C(F)(F)F)cnn1-c1ccc(F)cc1. The predicted molar refractivity (Wildman–Crippen MR) is 118 cm³/mol. The Kier molecular flexibility index (Phi) is 7.45. The number of anilines is 1. The molecule has 0 aliphatic heterocycles. The fourth-order valence-electron chi connectivity index (χ4n) is 2.94. The minimum Gasteiger partial charge on any atom is -0.383 e. The number of nitrogens with two attached hydrogens (primary N) is 1. The minimum absolute atomic E-state index is 0.00695. The van der Waals surface area contributed by atoms with Crippen LogP contribution in [0.3, 0.4) is 0 Å². The van der Waals surface area contributed by atoms with E-state index < -0.39 is 53.9 Å². The summed E-state index contributed by atoms with van der Waals surface area (Å²) in [5.74, 6) is -4.08. The second-order valence-electron chi connectivity index (χ2n) is 7.32. The third-order valence-corrected chi connectivity index (χ3v) is 5.58. The van der Waals surface area contributed by atoms with Crippen LogP contribution in [-0.2, 0) is 0 Å². The number of aromatic nitrogens is 2. The van der Waals surface area contributed by atoms with Gasteiger partial charge in [-0.1, -0.05) is 6.07 Å². The lowest BCUT2D eigenvalue weighted by Gasteiger charge is -2.30. The number of aliphatic hydroxyl groups is 1. The number of rotatable bonds is 7. The highest BCUT2D eigenvalue weighted by atomic mass is 79.9. The first-order valence-corrected chi connectivity index (χ1v) is 10.5. The molecule has 1 atom stereocenters. The second kappa shape index (κ2) is 10.00. The molecule has 1 heterocycles. The van der Waals surface area contributed by atoms with Crippen molar-refractivity contribution in [3.8, 4) is 5.69 Å². The average molecular weight is 562 g/mol. The molecule has 1 aromatic heterocycles. The summed E-state index contributed by atoms with van der Waals surface area (Å²) in [4.78, 5) is 24.7. The number of halogens is 6. The van der Waals surface area contributed by atoms with Gasteiger partial charge in [-0.05, 0) is 52.3 Å². The molecule has 3 rings (SSSR count). The van der Waals surface area contributed by atoms with E-state index in [0.717, 1.165) is 29.1 Å². The van der Waals surface area contributed by atoms with Crippen LogP contribution in [0.15, 0.2) is 53.1 Å². The first-order valence-electron chi connectivity index (χ1n) is 9.73. The van der Waals surface area contributed by atoms with Crippen LogP contribution in [0.5, 0.6) is 0 Å². The van der Waals surface area contributed by atoms with E-state index in [1.54, 1.807) is 0 Å². The molecule has 8 nitrogen and oxygen atoms in total. The zero-order valence-corrected chi connectivity index (χ0v) is 19.1. The number of alkyl halides is 3. The number of nitrogen functional groups attached to an aromatic ring is 1. The zero-order valence-electron chi connectivity index (χ0n) is 17.5. The molecule has 5 N–H and O–H groups in total. The number of amides is 2. The van der Waals surface area contributed by atoms with Crippen LogP contribution in [0, 0.1) is 11.6 Å². The van der Waals surface area contributed by atoms with Gasteiger partial charge in [-0.3, -0.25) is 9.59 Å². The van der Waals surface area contributed by atoms with Gasteiger partial charge in [0.05, 0.1) is 30.5 Å². The second-order valence-corrected chi connectivity index (χ2v) is 8.18. The number of benzene rings is 2. The minimum atomic E-state index is -5.29. The Balaban J connectivity index is 1.73. The summed E-state index contributed by atoms with van der Waals surface area (Å²) in [6.45, 7) is -2.75. The maximum absolute atomic E-state index is 13.9. The van der Waals surface area contributed by atoms with Crippen LogP contribution in [0.1, 0.15) is 20.7 Å². The molecule has 0 saturated heterocycles. The van der Waals surface area contributed by atoms with Crippen molar-refractivity contribution < 1.29 is 36.6 Å². The topological polar surface area (TPSA) is 122 Å². The van der Waals surface area contributed by atoms with Gasteiger partial charge >= 0.3 is 6.18 Å². The zero-order chi connectivity index (χ0) is 26.0. The van der Waals surface area contributed by atoms with Crippen molar-refractivity contribution >= 4 is 33.6 Å². The summed E-state index contributed by atoms with van der Waals surface area (Å²) in [5.41, 5.74) is 1.68. The monoisotopic (exact) mass is 561 g/mol. The molecule has 0 fully saturated rings. The van der Waals surface area contributed by atoms with Crippen LogP contribution in [0.4, 0.5) is 27.8 Å². The van der Waals surface area contributed by atoms with E-state index in [0.29, 0.717) is 0 Å². The van der Waals surface area contributed by atoms with Crippen LogP contribution < -0.4 is 16.4 Å². The van der Waals surface area contributed by atoms with Crippen LogP contribution >= 0.6 is 15.9 Å². The molecule has 0 spiro atoms. The van der Waals surface area contributed by atoms with Gasteiger partial charge in [-0.2, -0.15) is 18.3 Å². The van der Waals surface area contributed by atoms with Gasteiger partial charge in [0.15, 0.2) is 5.60 Å². The molecule has 2 aromatic carbocycles. The summed E-state index contributed by atoms with van der Waals surface area (Å²) in [7, 11) is 0. The molecule has 14 heteroatoms.